The predicted octanol–water partition coefficient (Wildman–Crippen LogP) is 6.01. The molecule has 2 heteroatoms. The van der Waals surface area contributed by atoms with E-state index >= 15 is 0 Å². The number of allylic oxidation sites excluding steroid dienone is 4. The molecule has 0 aliphatic heterocycles. The second kappa shape index (κ2) is 7.71. The van der Waals surface area contributed by atoms with Gasteiger partial charge in [0.2, 0.25) is 0 Å². The van der Waals surface area contributed by atoms with Gasteiger partial charge in [-0.3, -0.25) is 0 Å². The number of hydrogen-bond donors (Lipinski definition) is 2. The van der Waals surface area contributed by atoms with Crippen LogP contribution in [0.5, 0.6) is 0 Å². The lowest BCUT2D eigenvalue weighted by molar-refractivity contribution is 0.889. The summed E-state index contributed by atoms with van der Waals surface area (Å²) in [6.45, 7) is 10.2. The first-order valence-electron chi connectivity index (χ1n) is 8.57. The van der Waals surface area contributed by atoms with Crippen molar-refractivity contribution in [2.24, 2.45) is 0 Å². The van der Waals surface area contributed by atoms with Crippen molar-refractivity contribution in [1.29, 1.82) is 0 Å². The highest BCUT2D eigenvalue weighted by Crippen LogP contribution is 2.24. The Morgan fingerprint density at radius 2 is 1.56 bits per heavy atom. The zero-order valence-corrected chi connectivity index (χ0v) is 14.7. The van der Waals surface area contributed by atoms with Gasteiger partial charge in [0.25, 0.3) is 0 Å². The molecule has 1 aliphatic rings. The second-order valence-corrected chi connectivity index (χ2v) is 6.29. The molecule has 0 atom stereocenters. The number of hydrogen-bond acceptors (Lipinski definition) is 2. The monoisotopic (exact) mass is 328 g/mol. The molecule has 25 heavy (non-hydrogen) atoms. The molecule has 126 valence electrons. The Kier molecular flexibility index (Phi) is 5.20. The van der Waals surface area contributed by atoms with E-state index in [-0.39, 0.29) is 0 Å². The third-order valence-electron chi connectivity index (χ3n) is 4.26. The van der Waals surface area contributed by atoms with Crippen molar-refractivity contribution in [1.82, 2.24) is 5.32 Å². The van der Waals surface area contributed by atoms with E-state index in [1.807, 2.05) is 6.07 Å². The van der Waals surface area contributed by atoms with Crippen molar-refractivity contribution < 1.29 is 0 Å². The SMILES string of the molecule is C=C(NC1=C(C(=C)C)CCC=C1)Nc1ccc(-c2ccccc2)cc1. The average Bonchev–Trinajstić information content (AvgIpc) is 2.63. The molecular formula is C23H24N2. The van der Waals surface area contributed by atoms with Gasteiger partial charge in [0, 0.05) is 11.4 Å². The van der Waals surface area contributed by atoms with Crippen LogP contribution in [0.25, 0.3) is 11.1 Å². The first-order chi connectivity index (χ1) is 12.1. The molecule has 0 unspecified atom stereocenters. The van der Waals surface area contributed by atoms with Crippen LogP contribution < -0.4 is 10.6 Å². The molecule has 0 saturated heterocycles. The normalized spacial score (nSPS) is 13.5. The van der Waals surface area contributed by atoms with Gasteiger partial charge >= 0.3 is 0 Å². The largest absolute Gasteiger partial charge is 0.342 e. The molecule has 2 aromatic carbocycles. The molecule has 1 aliphatic carbocycles. The summed E-state index contributed by atoms with van der Waals surface area (Å²) in [5, 5.41) is 6.70. The molecule has 2 nitrogen and oxygen atoms in total. The molecular weight excluding hydrogens is 304 g/mol. The van der Waals surface area contributed by atoms with E-state index in [4.69, 9.17) is 0 Å². The fourth-order valence-electron chi connectivity index (χ4n) is 2.97. The summed E-state index contributed by atoms with van der Waals surface area (Å²) >= 11 is 0. The Labute approximate surface area is 150 Å². The number of anilines is 1. The molecule has 2 aromatic rings. The lowest BCUT2D eigenvalue weighted by Crippen LogP contribution is -2.20. The van der Waals surface area contributed by atoms with Crippen LogP contribution in [0, 0.1) is 0 Å². The van der Waals surface area contributed by atoms with Crippen molar-refractivity contribution in [3.63, 3.8) is 0 Å². The van der Waals surface area contributed by atoms with Crippen LogP contribution in [-0.2, 0) is 0 Å². The fourth-order valence-corrected chi connectivity index (χ4v) is 2.97. The van der Waals surface area contributed by atoms with E-state index in [0.717, 1.165) is 35.6 Å². The van der Waals surface area contributed by atoms with Crippen LogP contribution in [-0.4, -0.2) is 0 Å². The van der Waals surface area contributed by atoms with Gasteiger partial charge in [-0.15, -0.1) is 0 Å². The minimum absolute atomic E-state index is 0.757. The van der Waals surface area contributed by atoms with Crippen molar-refractivity contribution >= 4 is 5.69 Å². The summed E-state index contributed by atoms with van der Waals surface area (Å²) in [6, 6.07) is 18.7. The Bertz CT molecular complexity index is 824. The van der Waals surface area contributed by atoms with E-state index in [1.165, 1.54) is 16.7 Å². The maximum Gasteiger partial charge on any atom is 0.100 e. The Morgan fingerprint density at radius 3 is 2.24 bits per heavy atom. The Hall–Kier alpha value is -3.00. The molecule has 0 radical (unpaired) electrons. The zero-order chi connectivity index (χ0) is 17.6. The molecule has 0 bridgehead atoms. The molecule has 0 spiro atoms. The standard InChI is InChI=1S/C23H24N2/c1-17(2)22-11-7-8-12-23(22)25-18(3)24-21-15-13-20(14-16-21)19-9-5-4-6-10-19/h4-6,8-10,12-16,24-25H,1,3,7,11H2,2H3. The van der Waals surface area contributed by atoms with Gasteiger partial charge in [-0.2, -0.15) is 0 Å². The first-order valence-corrected chi connectivity index (χ1v) is 8.57. The van der Waals surface area contributed by atoms with Gasteiger partial charge < -0.3 is 10.6 Å². The van der Waals surface area contributed by atoms with E-state index in [2.05, 4.69) is 91.4 Å². The maximum absolute atomic E-state index is 4.10. The summed E-state index contributed by atoms with van der Waals surface area (Å²) in [6.07, 6.45) is 6.37. The van der Waals surface area contributed by atoms with Crippen molar-refractivity contribution in [2.45, 2.75) is 19.8 Å². The maximum atomic E-state index is 4.10. The smallest absolute Gasteiger partial charge is 0.100 e. The van der Waals surface area contributed by atoms with Crippen molar-refractivity contribution in [2.75, 3.05) is 5.32 Å². The quantitative estimate of drug-likeness (QED) is 0.679. The lowest BCUT2D eigenvalue weighted by atomic mass is 9.97. The van der Waals surface area contributed by atoms with E-state index in [1.54, 1.807) is 0 Å². The number of rotatable bonds is 6. The summed E-state index contributed by atoms with van der Waals surface area (Å²) in [7, 11) is 0. The Morgan fingerprint density at radius 1 is 0.880 bits per heavy atom. The minimum atomic E-state index is 0.757. The van der Waals surface area contributed by atoms with Crippen LogP contribution in [0.3, 0.4) is 0 Å². The first kappa shape index (κ1) is 16.8. The molecule has 0 saturated carbocycles. The van der Waals surface area contributed by atoms with Crippen molar-refractivity contribution in [3.8, 4) is 11.1 Å². The van der Waals surface area contributed by atoms with Gasteiger partial charge in [0.1, 0.15) is 5.82 Å². The summed E-state index contributed by atoms with van der Waals surface area (Å²) < 4.78 is 0. The fraction of sp³-hybridized carbons (Fsp3) is 0.130. The third kappa shape index (κ3) is 4.30. The summed E-state index contributed by atoms with van der Waals surface area (Å²) in [4.78, 5) is 0. The molecule has 0 aromatic heterocycles. The summed E-state index contributed by atoms with van der Waals surface area (Å²) in [5.41, 5.74) is 6.88. The van der Waals surface area contributed by atoms with Gasteiger partial charge in [-0.05, 0) is 54.7 Å². The molecule has 2 N–H and O–H groups in total. The molecule has 0 fully saturated rings. The van der Waals surface area contributed by atoms with Gasteiger partial charge in [0.05, 0.1) is 0 Å². The van der Waals surface area contributed by atoms with Crippen LogP contribution in [0.2, 0.25) is 0 Å². The lowest BCUT2D eigenvalue weighted by Gasteiger charge is -2.20. The van der Waals surface area contributed by atoms with Crippen LogP contribution in [0.4, 0.5) is 5.69 Å². The molecule has 0 heterocycles. The highest BCUT2D eigenvalue weighted by atomic mass is 15.1. The van der Waals surface area contributed by atoms with E-state index < -0.39 is 0 Å². The number of benzene rings is 2. The van der Waals surface area contributed by atoms with E-state index in [0.29, 0.717) is 0 Å². The Balaban J connectivity index is 1.67. The highest BCUT2D eigenvalue weighted by molar-refractivity contribution is 5.66. The van der Waals surface area contributed by atoms with Gasteiger partial charge in [0.15, 0.2) is 0 Å². The van der Waals surface area contributed by atoms with E-state index in [9.17, 15) is 0 Å². The highest BCUT2D eigenvalue weighted by Gasteiger charge is 2.09. The van der Waals surface area contributed by atoms with Gasteiger partial charge in [-0.25, -0.2) is 0 Å². The topological polar surface area (TPSA) is 24.1 Å². The summed E-state index contributed by atoms with van der Waals surface area (Å²) in [5.74, 6) is 0.757. The zero-order valence-electron chi connectivity index (χ0n) is 14.7. The minimum Gasteiger partial charge on any atom is -0.342 e. The second-order valence-electron chi connectivity index (χ2n) is 6.29. The number of nitrogens with one attached hydrogen (secondary N) is 2. The van der Waals surface area contributed by atoms with Crippen LogP contribution in [0.15, 0.2) is 103 Å². The average molecular weight is 328 g/mol. The molecule has 0 amide bonds. The predicted molar refractivity (Wildman–Crippen MR) is 108 cm³/mol. The van der Waals surface area contributed by atoms with Gasteiger partial charge in [-0.1, -0.05) is 67.3 Å². The molecule has 3 rings (SSSR count). The van der Waals surface area contributed by atoms with Crippen LogP contribution in [0.1, 0.15) is 19.8 Å². The van der Waals surface area contributed by atoms with Crippen molar-refractivity contribution in [3.05, 3.63) is 103 Å². The van der Waals surface area contributed by atoms with Crippen LogP contribution >= 0.6 is 0 Å². The third-order valence-corrected chi connectivity index (χ3v) is 4.26.